The molecule has 0 N–H and O–H groups in total. The third-order valence-corrected chi connectivity index (χ3v) is 20.0. The average molecular weight is 1440 g/mol. The van der Waals surface area contributed by atoms with Crippen LogP contribution in [0.1, 0.15) is 5.56 Å². The smallest absolute Gasteiger partial charge is 0.164 e. The van der Waals surface area contributed by atoms with E-state index in [0.717, 1.165) is 122 Å². The topological polar surface area (TPSA) is 201 Å². The quantitative estimate of drug-likeness (QED) is 0.0938. The van der Waals surface area contributed by atoms with E-state index in [1.54, 1.807) is 12.4 Å². The Bertz CT molecular complexity index is 6040. The van der Waals surface area contributed by atoms with Crippen LogP contribution in [0.15, 0.2) is 352 Å². The lowest BCUT2D eigenvalue weighted by Crippen LogP contribution is -2.06. The monoisotopic (exact) mass is 1430 g/mol. The molecular formula is C96H58N16. The van der Waals surface area contributed by atoms with E-state index >= 15 is 0 Å². The molecule has 7 aromatic heterocycles. The highest BCUT2D eigenvalue weighted by atomic mass is 15.1. The van der Waals surface area contributed by atoms with Gasteiger partial charge in [0.25, 0.3) is 0 Å². The number of nitriles is 1. The summed E-state index contributed by atoms with van der Waals surface area (Å²) in [5.41, 5.74) is 16.1. The molecule has 0 fully saturated rings. The van der Waals surface area contributed by atoms with E-state index in [-0.39, 0.29) is 0 Å². The van der Waals surface area contributed by atoms with Crippen molar-refractivity contribution in [3.05, 3.63) is 358 Å². The normalized spacial score (nSPS) is 11.4. The lowest BCUT2D eigenvalue weighted by molar-refractivity contribution is 1.07. The standard InChI is InChI=1S/C96H58N16/c97-59-60-53-82(111-78-55-70(93-103-85(62-25-9-1-10-26-62)99-86(104-93)63-27-11-2-12-28-63)41-45-74(78)75-46-42-71(56-79(75)111)94-105-87(64-29-13-3-14-30-64)100-88(106-94)65-31-15-4-16-32-65)84(61-49-51-98-52-50-61)83(54-60)112-80-57-72(95-107-89(66-33-17-5-18-34-66)101-90(108-95)67-35-19-6-20-36-67)43-47-76(80)77-48-44-73(58-81(77)112)96-109-91(68-37-21-7-22-38-68)102-92(110-96)69-39-23-8-24-40-69/h1-58H. The summed E-state index contributed by atoms with van der Waals surface area (Å²) in [6.45, 7) is 0. The Kier molecular flexibility index (Phi) is 16.5. The molecule has 16 heteroatoms. The van der Waals surface area contributed by atoms with Crippen LogP contribution >= 0.6 is 0 Å². The van der Waals surface area contributed by atoms with Crippen LogP contribution in [-0.2, 0) is 0 Å². The molecule has 0 atom stereocenters. The van der Waals surface area contributed by atoms with Gasteiger partial charge in [0.1, 0.15) is 0 Å². The molecular weight excluding hydrogens is 1380 g/mol. The second-order valence-corrected chi connectivity index (χ2v) is 27.0. The van der Waals surface area contributed by atoms with Crippen LogP contribution in [0.3, 0.4) is 0 Å². The summed E-state index contributed by atoms with van der Waals surface area (Å²) in [5.74, 6) is 6.03. The van der Waals surface area contributed by atoms with Crippen LogP contribution in [0.4, 0.5) is 0 Å². The van der Waals surface area contributed by atoms with Crippen LogP contribution in [0.2, 0.25) is 0 Å². The summed E-state index contributed by atoms with van der Waals surface area (Å²) in [4.78, 5) is 67.4. The molecule has 16 nitrogen and oxygen atoms in total. The number of pyridine rings is 1. The van der Waals surface area contributed by atoms with E-state index < -0.39 is 0 Å². The summed E-state index contributed by atoms with van der Waals surface area (Å²) in [7, 11) is 0. The maximum atomic E-state index is 12.0. The van der Waals surface area contributed by atoms with E-state index in [4.69, 9.17) is 59.8 Å². The highest BCUT2D eigenvalue weighted by molar-refractivity contribution is 6.14. The van der Waals surface area contributed by atoms with Crippen molar-refractivity contribution in [2.75, 3.05) is 0 Å². The van der Waals surface area contributed by atoms with Gasteiger partial charge in [0.05, 0.1) is 45.1 Å². The molecule has 7 heterocycles. The number of hydrogen-bond acceptors (Lipinski definition) is 14. The van der Waals surface area contributed by atoms with Crippen molar-refractivity contribution in [2.24, 2.45) is 0 Å². The first-order valence-electron chi connectivity index (χ1n) is 36.6. The predicted molar refractivity (Wildman–Crippen MR) is 442 cm³/mol. The Morgan fingerprint density at radius 2 is 0.393 bits per heavy atom. The van der Waals surface area contributed by atoms with Gasteiger partial charge in [-0.1, -0.05) is 291 Å². The van der Waals surface area contributed by atoms with Crippen molar-refractivity contribution in [3.63, 3.8) is 0 Å². The first-order valence-corrected chi connectivity index (χ1v) is 36.6. The van der Waals surface area contributed by atoms with Gasteiger partial charge in [-0.05, 0) is 54.1 Å². The van der Waals surface area contributed by atoms with Crippen molar-refractivity contribution in [1.82, 2.24) is 73.9 Å². The van der Waals surface area contributed by atoms with Crippen molar-refractivity contribution in [1.29, 1.82) is 5.26 Å². The molecule has 0 saturated heterocycles. The Balaban J connectivity index is 0.892. The molecule has 0 spiro atoms. The van der Waals surface area contributed by atoms with Gasteiger partial charge in [-0.2, -0.15) is 5.26 Å². The fourth-order valence-corrected chi connectivity index (χ4v) is 14.7. The Morgan fingerprint density at radius 3 is 0.589 bits per heavy atom. The largest absolute Gasteiger partial charge is 0.308 e. The second-order valence-electron chi connectivity index (χ2n) is 27.0. The molecule has 0 radical (unpaired) electrons. The summed E-state index contributed by atoms with van der Waals surface area (Å²) in [6, 6.07) is 116. The minimum Gasteiger partial charge on any atom is -0.308 e. The van der Waals surface area contributed by atoms with Crippen molar-refractivity contribution in [3.8, 4) is 165 Å². The number of fused-ring (bicyclic) bond motifs is 6. The zero-order valence-electron chi connectivity index (χ0n) is 59.6. The zero-order valence-corrected chi connectivity index (χ0v) is 59.6. The van der Waals surface area contributed by atoms with Crippen molar-refractivity contribution < 1.29 is 0 Å². The number of nitrogens with zero attached hydrogens (tertiary/aromatic N) is 16. The highest BCUT2D eigenvalue weighted by Gasteiger charge is 2.28. The molecule has 522 valence electrons. The van der Waals surface area contributed by atoms with Crippen molar-refractivity contribution in [2.45, 2.75) is 0 Å². The Morgan fingerprint density at radius 1 is 0.196 bits per heavy atom. The number of aromatic nitrogens is 15. The molecule has 0 aliphatic rings. The molecule has 0 unspecified atom stereocenters. The summed E-state index contributed by atoms with van der Waals surface area (Å²) < 4.78 is 4.53. The molecule has 0 aliphatic heterocycles. The highest BCUT2D eigenvalue weighted by Crippen LogP contribution is 2.46. The number of rotatable bonds is 15. The molecule has 0 aliphatic carbocycles. The molecule has 20 rings (SSSR count). The third-order valence-electron chi connectivity index (χ3n) is 20.0. The van der Waals surface area contributed by atoms with E-state index in [1.807, 2.05) is 267 Å². The lowest BCUT2D eigenvalue weighted by Gasteiger charge is -2.21. The van der Waals surface area contributed by atoms with E-state index in [2.05, 4.69) is 93.0 Å². The van der Waals surface area contributed by atoms with Crippen LogP contribution in [0.25, 0.3) is 203 Å². The van der Waals surface area contributed by atoms with Crippen LogP contribution in [0.5, 0.6) is 0 Å². The molecule has 13 aromatic carbocycles. The van der Waals surface area contributed by atoms with Gasteiger partial charge in [-0.25, -0.2) is 59.8 Å². The number of benzene rings is 13. The Labute approximate surface area is 641 Å². The lowest BCUT2D eigenvalue weighted by atomic mass is 9.98. The molecule has 0 saturated carbocycles. The van der Waals surface area contributed by atoms with Crippen molar-refractivity contribution >= 4 is 43.6 Å². The second kappa shape index (κ2) is 28.1. The fraction of sp³-hybridized carbons (Fsp3) is 0. The molecule has 20 aromatic rings. The molecule has 0 bridgehead atoms. The first-order chi connectivity index (χ1) is 55.4. The Hall–Kier alpha value is -15.9. The van der Waals surface area contributed by atoms with Gasteiger partial charge < -0.3 is 9.13 Å². The predicted octanol–water partition coefficient (Wildman–Crippen LogP) is 21.6. The summed E-state index contributed by atoms with van der Waals surface area (Å²) in [6.07, 6.45) is 3.61. The average Bonchev–Trinajstić information content (AvgIpc) is 1.54. The first kappa shape index (κ1) is 65.6. The number of hydrogen-bond donors (Lipinski definition) is 0. The van der Waals surface area contributed by atoms with E-state index in [1.165, 1.54) is 0 Å². The molecule has 0 amide bonds. The van der Waals surface area contributed by atoms with E-state index in [9.17, 15) is 5.26 Å². The van der Waals surface area contributed by atoms with Gasteiger partial charge in [-0.15, -0.1) is 0 Å². The summed E-state index contributed by atoms with van der Waals surface area (Å²) in [5, 5.41) is 15.6. The minimum atomic E-state index is 0.373. The SMILES string of the molecule is N#Cc1cc(-n2c3cc(-c4nc(-c5ccccc5)nc(-c5ccccc5)n4)ccc3c3ccc(-c4nc(-c5ccccc5)nc(-c5ccccc5)n4)cc32)c(-c2ccncc2)c(-n2c3cc(-c4nc(-c5ccccc5)nc(-c5ccccc5)n4)ccc3c3ccc(-c4nc(-c5ccccc5)nc(-c5ccccc5)n4)cc32)c1. The van der Waals surface area contributed by atoms with Gasteiger partial charge in [0.2, 0.25) is 0 Å². The third kappa shape index (κ3) is 12.3. The molecule has 112 heavy (non-hydrogen) atoms. The summed E-state index contributed by atoms with van der Waals surface area (Å²) >= 11 is 0. The fourth-order valence-electron chi connectivity index (χ4n) is 14.7. The zero-order chi connectivity index (χ0) is 74.4. The van der Waals surface area contributed by atoms with Gasteiger partial charge in [0.15, 0.2) is 69.9 Å². The van der Waals surface area contributed by atoms with Gasteiger partial charge >= 0.3 is 0 Å². The van der Waals surface area contributed by atoms with Crippen LogP contribution in [0, 0.1) is 11.3 Å². The van der Waals surface area contributed by atoms with Gasteiger partial charge in [-0.3, -0.25) is 4.98 Å². The van der Waals surface area contributed by atoms with E-state index in [0.29, 0.717) is 86.8 Å². The van der Waals surface area contributed by atoms with Gasteiger partial charge in [0, 0.05) is 106 Å². The van der Waals surface area contributed by atoms with Crippen LogP contribution < -0.4 is 0 Å². The maximum Gasteiger partial charge on any atom is 0.164 e. The maximum absolute atomic E-state index is 12.0. The van der Waals surface area contributed by atoms with Crippen LogP contribution in [-0.4, -0.2) is 73.9 Å². The minimum absolute atomic E-state index is 0.373.